The van der Waals surface area contributed by atoms with Crippen LogP contribution < -0.4 is 10.6 Å². The molecule has 3 heterocycles. The summed E-state index contributed by atoms with van der Waals surface area (Å²) < 4.78 is 0. The molecule has 1 amide bonds. The molecule has 2 atom stereocenters. The lowest BCUT2D eigenvalue weighted by Crippen LogP contribution is -2.28. The highest BCUT2D eigenvalue weighted by Gasteiger charge is 2.34. The molecular formula is C16H16ClN3O. The first-order chi connectivity index (χ1) is 10.2. The number of amides is 1. The van der Waals surface area contributed by atoms with Gasteiger partial charge in [-0.1, -0.05) is 23.7 Å². The lowest BCUT2D eigenvalue weighted by Gasteiger charge is -2.16. The van der Waals surface area contributed by atoms with E-state index in [1.807, 2.05) is 18.2 Å². The van der Waals surface area contributed by atoms with Crippen LogP contribution in [0.3, 0.4) is 0 Å². The molecule has 1 aromatic heterocycles. The Morgan fingerprint density at radius 3 is 2.81 bits per heavy atom. The topological polar surface area (TPSA) is 56.9 Å². The highest BCUT2D eigenvalue weighted by Crippen LogP contribution is 2.34. The molecule has 2 aromatic rings. The molecule has 1 aromatic carbocycles. The number of benzene rings is 1. The lowest BCUT2D eigenvalue weighted by atomic mass is 9.86. The van der Waals surface area contributed by atoms with Gasteiger partial charge in [0.15, 0.2) is 0 Å². The number of carbonyl (C=O) groups is 1. The summed E-state index contributed by atoms with van der Waals surface area (Å²) in [7, 11) is 0. The fraction of sp³-hybridized carbons (Fsp3) is 0.312. The molecule has 2 aliphatic rings. The lowest BCUT2D eigenvalue weighted by molar-refractivity contribution is 0.0952. The van der Waals surface area contributed by atoms with E-state index in [0.29, 0.717) is 17.0 Å². The number of hydrogen-bond donors (Lipinski definition) is 3. The average Bonchev–Trinajstić information content (AvgIpc) is 3.10. The highest BCUT2D eigenvalue weighted by atomic mass is 35.5. The van der Waals surface area contributed by atoms with Crippen molar-refractivity contribution in [3.63, 3.8) is 0 Å². The molecule has 0 spiro atoms. The largest absolute Gasteiger partial charge is 0.352 e. The Labute approximate surface area is 127 Å². The molecule has 0 aliphatic carbocycles. The summed E-state index contributed by atoms with van der Waals surface area (Å²) in [6.45, 7) is 2.66. The molecule has 4 nitrogen and oxygen atoms in total. The van der Waals surface area contributed by atoms with Crippen molar-refractivity contribution in [3.8, 4) is 11.3 Å². The smallest absolute Gasteiger partial charge is 0.251 e. The Kier molecular flexibility index (Phi) is 3.01. The zero-order valence-corrected chi connectivity index (χ0v) is 12.2. The fourth-order valence-corrected chi connectivity index (χ4v) is 3.58. The number of aromatic amines is 1. The molecule has 1 fully saturated rings. The van der Waals surface area contributed by atoms with Gasteiger partial charge in [-0.15, -0.1) is 0 Å². The zero-order chi connectivity index (χ0) is 14.4. The molecule has 0 unspecified atom stereocenters. The van der Waals surface area contributed by atoms with E-state index < -0.39 is 0 Å². The predicted molar refractivity (Wildman–Crippen MR) is 82.7 cm³/mol. The van der Waals surface area contributed by atoms with Crippen LogP contribution in [0.25, 0.3) is 11.3 Å². The second kappa shape index (κ2) is 4.90. The zero-order valence-electron chi connectivity index (χ0n) is 11.4. The van der Waals surface area contributed by atoms with Gasteiger partial charge in [-0.2, -0.15) is 0 Å². The molecule has 0 bridgehead atoms. The summed E-state index contributed by atoms with van der Waals surface area (Å²) in [5, 5.41) is 7.06. The minimum absolute atomic E-state index is 0.0268. The van der Waals surface area contributed by atoms with E-state index in [4.69, 9.17) is 11.6 Å². The van der Waals surface area contributed by atoms with Crippen molar-refractivity contribution in [2.75, 3.05) is 19.6 Å². The van der Waals surface area contributed by atoms with Gasteiger partial charge in [0.25, 0.3) is 5.91 Å². The molecule has 3 N–H and O–H groups in total. The Morgan fingerprint density at radius 1 is 1.10 bits per heavy atom. The third kappa shape index (κ3) is 2.15. The average molecular weight is 302 g/mol. The second-order valence-electron chi connectivity index (χ2n) is 5.76. The van der Waals surface area contributed by atoms with Gasteiger partial charge in [-0.05, 0) is 35.2 Å². The van der Waals surface area contributed by atoms with Gasteiger partial charge in [0.2, 0.25) is 0 Å². The Morgan fingerprint density at radius 2 is 2.00 bits per heavy atom. The van der Waals surface area contributed by atoms with E-state index in [9.17, 15) is 4.79 Å². The minimum Gasteiger partial charge on any atom is -0.352 e. The quantitative estimate of drug-likeness (QED) is 0.757. The summed E-state index contributed by atoms with van der Waals surface area (Å²) in [6, 6.07) is 9.87. The number of hydrogen-bond acceptors (Lipinski definition) is 2. The van der Waals surface area contributed by atoms with Gasteiger partial charge in [-0.3, -0.25) is 4.79 Å². The maximum atomic E-state index is 12.4. The van der Waals surface area contributed by atoms with Crippen LogP contribution in [0.1, 0.15) is 21.8 Å². The normalized spacial score (nSPS) is 24.1. The Balaban J connectivity index is 1.81. The molecule has 0 radical (unpaired) electrons. The first kappa shape index (κ1) is 12.9. The molecule has 4 rings (SSSR count). The number of carbonyl (C=O) groups excluding carboxylic acids is 1. The van der Waals surface area contributed by atoms with E-state index in [0.717, 1.165) is 42.0 Å². The molecule has 21 heavy (non-hydrogen) atoms. The predicted octanol–water partition coefficient (Wildman–Crippen LogP) is 2.38. The van der Waals surface area contributed by atoms with Gasteiger partial charge >= 0.3 is 0 Å². The van der Waals surface area contributed by atoms with Crippen molar-refractivity contribution < 1.29 is 4.79 Å². The molecule has 0 saturated carbocycles. The molecule has 108 valence electrons. The summed E-state index contributed by atoms with van der Waals surface area (Å²) in [4.78, 5) is 15.5. The van der Waals surface area contributed by atoms with Crippen molar-refractivity contribution in [2.45, 2.75) is 5.92 Å². The summed E-state index contributed by atoms with van der Waals surface area (Å²) in [5.41, 5.74) is 3.86. The third-order valence-electron chi connectivity index (χ3n) is 4.52. The summed E-state index contributed by atoms with van der Waals surface area (Å²) >= 11 is 5.94. The maximum Gasteiger partial charge on any atom is 0.251 e. The van der Waals surface area contributed by atoms with Crippen LogP contribution in [-0.2, 0) is 0 Å². The van der Waals surface area contributed by atoms with Crippen molar-refractivity contribution in [1.82, 2.24) is 15.6 Å². The minimum atomic E-state index is 0.0268. The van der Waals surface area contributed by atoms with Crippen molar-refractivity contribution in [1.29, 1.82) is 0 Å². The monoisotopic (exact) mass is 301 g/mol. The second-order valence-corrected chi connectivity index (χ2v) is 6.16. The van der Waals surface area contributed by atoms with Crippen LogP contribution in [0.2, 0.25) is 5.15 Å². The standard InChI is InChI=1S/C16H16ClN3O/c17-15-4-3-14(20-15)9-1-2-11-12(5-9)16(21)19-7-10-6-18-8-13(10)11/h1-5,10,13,18,20H,6-8H2,(H,19,21)/t10-,13+/m0/s1. The Hall–Kier alpha value is -1.78. The highest BCUT2D eigenvalue weighted by molar-refractivity contribution is 6.29. The van der Waals surface area contributed by atoms with Crippen LogP contribution >= 0.6 is 11.6 Å². The van der Waals surface area contributed by atoms with Crippen molar-refractivity contribution in [2.24, 2.45) is 5.92 Å². The van der Waals surface area contributed by atoms with E-state index in [-0.39, 0.29) is 5.91 Å². The van der Waals surface area contributed by atoms with Crippen LogP contribution in [0.15, 0.2) is 30.3 Å². The van der Waals surface area contributed by atoms with E-state index in [2.05, 4.69) is 27.8 Å². The van der Waals surface area contributed by atoms with Crippen LogP contribution in [0, 0.1) is 5.92 Å². The summed E-state index contributed by atoms with van der Waals surface area (Å²) in [6.07, 6.45) is 0. The van der Waals surface area contributed by atoms with Gasteiger partial charge < -0.3 is 15.6 Å². The number of H-pyrrole nitrogens is 1. The van der Waals surface area contributed by atoms with Crippen LogP contribution in [-0.4, -0.2) is 30.5 Å². The molecule has 1 saturated heterocycles. The van der Waals surface area contributed by atoms with Gasteiger partial charge in [0.05, 0.1) is 0 Å². The van der Waals surface area contributed by atoms with Crippen molar-refractivity contribution >= 4 is 17.5 Å². The maximum absolute atomic E-state index is 12.4. The van der Waals surface area contributed by atoms with Gasteiger partial charge in [0, 0.05) is 36.8 Å². The van der Waals surface area contributed by atoms with Crippen LogP contribution in [0.4, 0.5) is 0 Å². The van der Waals surface area contributed by atoms with Crippen molar-refractivity contribution in [3.05, 3.63) is 46.6 Å². The third-order valence-corrected chi connectivity index (χ3v) is 4.74. The van der Waals surface area contributed by atoms with Gasteiger partial charge in [0.1, 0.15) is 5.15 Å². The van der Waals surface area contributed by atoms with E-state index in [1.54, 1.807) is 0 Å². The molecular weight excluding hydrogens is 286 g/mol. The fourth-order valence-electron chi connectivity index (χ4n) is 3.41. The van der Waals surface area contributed by atoms with E-state index in [1.165, 1.54) is 0 Å². The number of nitrogens with one attached hydrogen (secondary N) is 3. The molecule has 2 aliphatic heterocycles. The molecule has 5 heteroatoms. The SMILES string of the molecule is O=C1NC[C@@H]2CNC[C@H]2c2ccc(-c3ccc(Cl)[nH]3)cc21. The number of halogens is 1. The first-order valence-electron chi connectivity index (χ1n) is 7.20. The number of aromatic nitrogens is 1. The summed E-state index contributed by atoms with van der Waals surface area (Å²) in [5.74, 6) is 0.931. The van der Waals surface area contributed by atoms with E-state index >= 15 is 0 Å². The first-order valence-corrected chi connectivity index (χ1v) is 7.58. The van der Waals surface area contributed by atoms with Gasteiger partial charge in [-0.25, -0.2) is 0 Å². The number of fused-ring (bicyclic) bond motifs is 3. The Bertz CT molecular complexity index is 709. The van der Waals surface area contributed by atoms with Crippen LogP contribution in [0.5, 0.6) is 0 Å². The number of rotatable bonds is 1.